The number of halogens is 2. The standard InChI is InChI=1S/C15H15ClFNO/c1-9-3-5-11(17)8-12(9)15(18)10-4-6-13(16)14(7-10)19-2/h3-8,15H,18H2,1-2H3. The van der Waals surface area contributed by atoms with Crippen molar-refractivity contribution in [3.63, 3.8) is 0 Å². The second-order valence-corrected chi connectivity index (χ2v) is 4.78. The predicted octanol–water partition coefficient (Wildman–Crippen LogP) is 3.84. The van der Waals surface area contributed by atoms with Crippen molar-refractivity contribution in [2.75, 3.05) is 7.11 Å². The molecule has 0 saturated carbocycles. The van der Waals surface area contributed by atoms with Gasteiger partial charge < -0.3 is 10.5 Å². The van der Waals surface area contributed by atoms with E-state index in [1.165, 1.54) is 12.1 Å². The SMILES string of the molecule is COc1cc(C(N)c2cc(F)ccc2C)ccc1Cl. The van der Waals surface area contributed by atoms with Crippen LogP contribution in [0.3, 0.4) is 0 Å². The van der Waals surface area contributed by atoms with Crippen LogP contribution in [0, 0.1) is 12.7 Å². The molecule has 2 aromatic carbocycles. The number of rotatable bonds is 3. The minimum Gasteiger partial charge on any atom is -0.495 e. The fraction of sp³-hybridized carbons (Fsp3) is 0.200. The normalized spacial score (nSPS) is 12.3. The first-order valence-electron chi connectivity index (χ1n) is 5.88. The average Bonchev–Trinajstić information content (AvgIpc) is 2.41. The summed E-state index contributed by atoms with van der Waals surface area (Å²) < 4.78 is 18.5. The van der Waals surface area contributed by atoms with Crippen molar-refractivity contribution in [1.82, 2.24) is 0 Å². The third-order valence-corrected chi connectivity index (χ3v) is 3.42. The first kappa shape index (κ1) is 13.8. The lowest BCUT2D eigenvalue weighted by Gasteiger charge is -2.16. The van der Waals surface area contributed by atoms with Crippen LogP contribution in [0.15, 0.2) is 36.4 Å². The Bertz CT molecular complexity index is 601. The molecule has 0 aliphatic heterocycles. The lowest BCUT2D eigenvalue weighted by Crippen LogP contribution is -2.13. The Kier molecular flexibility index (Phi) is 4.08. The van der Waals surface area contributed by atoms with Gasteiger partial charge in [-0.2, -0.15) is 0 Å². The second-order valence-electron chi connectivity index (χ2n) is 4.37. The molecule has 19 heavy (non-hydrogen) atoms. The Morgan fingerprint density at radius 1 is 1.21 bits per heavy atom. The molecule has 0 bridgehead atoms. The first-order valence-corrected chi connectivity index (χ1v) is 6.26. The molecule has 2 N–H and O–H groups in total. The summed E-state index contributed by atoms with van der Waals surface area (Å²) in [5.74, 6) is 0.264. The number of hydrogen-bond donors (Lipinski definition) is 1. The summed E-state index contributed by atoms with van der Waals surface area (Å²) in [4.78, 5) is 0. The monoisotopic (exact) mass is 279 g/mol. The van der Waals surface area contributed by atoms with Gasteiger partial charge in [-0.25, -0.2) is 4.39 Å². The molecular formula is C15H15ClFNO. The minimum atomic E-state index is -0.415. The van der Waals surface area contributed by atoms with Crippen molar-refractivity contribution >= 4 is 11.6 Å². The number of ether oxygens (including phenoxy) is 1. The Morgan fingerprint density at radius 3 is 2.63 bits per heavy atom. The van der Waals surface area contributed by atoms with Crippen LogP contribution in [0.5, 0.6) is 5.75 Å². The quantitative estimate of drug-likeness (QED) is 0.926. The van der Waals surface area contributed by atoms with Gasteiger partial charge in [-0.05, 0) is 47.9 Å². The maximum absolute atomic E-state index is 13.3. The lowest BCUT2D eigenvalue weighted by molar-refractivity contribution is 0.414. The van der Waals surface area contributed by atoms with Crippen molar-refractivity contribution < 1.29 is 9.13 Å². The van der Waals surface area contributed by atoms with E-state index in [1.807, 2.05) is 13.0 Å². The molecule has 0 aliphatic carbocycles. The zero-order chi connectivity index (χ0) is 14.0. The van der Waals surface area contributed by atoms with Crippen molar-refractivity contribution in [3.05, 3.63) is 63.9 Å². The van der Waals surface area contributed by atoms with E-state index < -0.39 is 6.04 Å². The van der Waals surface area contributed by atoms with Gasteiger partial charge in [0.05, 0.1) is 18.2 Å². The highest BCUT2D eigenvalue weighted by molar-refractivity contribution is 6.32. The Hall–Kier alpha value is -1.58. The van der Waals surface area contributed by atoms with Gasteiger partial charge in [0.1, 0.15) is 11.6 Å². The third kappa shape index (κ3) is 2.88. The number of benzene rings is 2. The van der Waals surface area contributed by atoms with Gasteiger partial charge in [-0.3, -0.25) is 0 Å². The summed E-state index contributed by atoms with van der Waals surface area (Å²) in [6, 6.07) is 9.51. The Balaban J connectivity index is 2.43. The number of methoxy groups -OCH3 is 1. The molecule has 0 saturated heterocycles. The van der Waals surface area contributed by atoms with Crippen LogP contribution in [-0.2, 0) is 0 Å². The van der Waals surface area contributed by atoms with Crippen molar-refractivity contribution in [2.45, 2.75) is 13.0 Å². The van der Waals surface area contributed by atoms with Crippen LogP contribution in [0.2, 0.25) is 5.02 Å². The predicted molar refractivity (Wildman–Crippen MR) is 75.2 cm³/mol. The Morgan fingerprint density at radius 2 is 1.95 bits per heavy atom. The second kappa shape index (κ2) is 5.59. The van der Waals surface area contributed by atoms with Gasteiger partial charge in [0, 0.05) is 0 Å². The molecule has 0 heterocycles. The van der Waals surface area contributed by atoms with E-state index in [2.05, 4.69) is 0 Å². The molecule has 2 nitrogen and oxygen atoms in total. The molecule has 0 fully saturated rings. The van der Waals surface area contributed by atoms with E-state index in [4.69, 9.17) is 22.1 Å². The van der Waals surface area contributed by atoms with Crippen LogP contribution in [0.25, 0.3) is 0 Å². The van der Waals surface area contributed by atoms with Crippen LogP contribution >= 0.6 is 11.6 Å². The van der Waals surface area contributed by atoms with Crippen LogP contribution in [0.4, 0.5) is 4.39 Å². The summed E-state index contributed by atoms with van der Waals surface area (Å²) >= 11 is 5.98. The van der Waals surface area contributed by atoms with E-state index in [-0.39, 0.29) is 5.82 Å². The zero-order valence-corrected chi connectivity index (χ0v) is 11.5. The van der Waals surface area contributed by atoms with E-state index in [0.29, 0.717) is 10.8 Å². The minimum absolute atomic E-state index is 0.294. The van der Waals surface area contributed by atoms with Crippen molar-refractivity contribution in [1.29, 1.82) is 0 Å². The number of nitrogens with two attached hydrogens (primary N) is 1. The highest BCUT2D eigenvalue weighted by Crippen LogP contribution is 2.30. The molecule has 0 amide bonds. The van der Waals surface area contributed by atoms with Gasteiger partial charge in [0.25, 0.3) is 0 Å². The molecule has 0 spiro atoms. The topological polar surface area (TPSA) is 35.2 Å². The van der Waals surface area contributed by atoms with Gasteiger partial charge in [-0.1, -0.05) is 23.7 Å². The third-order valence-electron chi connectivity index (χ3n) is 3.11. The molecular weight excluding hydrogens is 265 g/mol. The van der Waals surface area contributed by atoms with Crippen LogP contribution in [-0.4, -0.2) is 7.11 Å². The molecule has 0 aromatic heterocycles. The fourth-order valence-electron chi connectivity index (χ4n) is 2.00. The Labute approximate surface area is 117 Å². The van der Waals surface area contributed by atoms with Gasteiger partial charge >= 0.3 is 0 Å². The van der Waals surface area contributed by atoms with Gasteiger partial charge in [0.2, 0.25) is 0 Å². The first-order chi connectivity index (χ1) is 9.02. The summed E-state index contributed by atoms with van der Waals surface area (Å²) in [6.07, 6.45) is 0. The molecule has 4 heteroatoms. The molecule has 2 rings (SSSR count). The highest BCUT2D eigenvalue weighted by Gasteiger charge is 2.14. The largest absolute Gasteiger partial charge is 0.495 e. The van der Waals surface area contributed by atoms with Gasteiger partial charge in [0.15, 0.2) is 0 Å². The molecule has 1 unspecified atom stereocenters. The molecule has 0 radical (unpaired) electrons. The molecule has 0 aliphatic rings. The van der Waals surface area contributed by atoms with E-state index in [1.54, 1.807) is 25.3 Å². The summed E-state index contributed by atoms with van der Waals surface area (Å²) in [6.45, 7) is 1.90. The average molecular weight is 280 g/mol. The number of hydrogen-bond acceptors (Lipinski definition) is 2. The summed E-state index contributed by atoms with van der Waals surface area (Å²) in [5, 5.41) is 0.523. The maximum atomic E-state index is 13.3. The maximum Gasteiger partial charge on any atom is 0.137 e. The van der Waals surface area contributed by atoms with E-state index in [0.717, 1.165) is 16.7 Å². The molecule has 2 aromatic rings. The highest BCUT2D eigenvalue weighted by atomic mass is 35.5. The number of aryl methyl sites for hydroxylation is 1. The van der Waals surface area contributed by atoms with E-state index >= 15 is 0 Å². The van der Waals surface area contributed by atoms with E-state index in [9.17, 15) is 4.39 Å². The lowest BCUT2D eigenvalue weighted by atomic mass is 9.95. The van der Waals surface area contributed by atoms with Crippen molar-refractivity contribution in [3.8, 4) is 5.75 Å². The van der Waals surface area contributed by atoms with Crippen molar-refractivity contribution in [2.24, 2.45) is 5.73 Å². The zero-order valence-electron chi connectivity index (χ0n) is 10.8. The summed E-state index contributed by atoms with van der Waals surface area (Å²) in [5.41, 5.74) is 8.72. The fourth-order valence-corrected chi connectivity index (χ4v) is 2.19. The van der Waals surface area contributed by atoms with Crippen LogP contribution < -0.4 is 10.5 Å². The van der Waals surface area contributed by atoms with Gasteiger partial charge in [-0.15, -0.1) is 0 Å². The molecule has 100 valence electrons. The smallest absolute Gasteiger partial charge is 0.137 e. The summed E-state index contributed by atoms with van der Waals surface area (Å²) in [7, 11) is 1.55. The van der Waals surface area contributed by atoms with Crippen LogP contribution in [0.1, 0.15) is 22.7 Å². The molecule has 1 atom stereocenters.